The molecule has 0 aliphatic carbocycles. The van der Waals surface area contributed by atoms with E-state index in [-0.39, 0.29) is 12.3 Å². The van der Waals surface area contributed by atoms with E-state index in [9.17, 15) is 9.59 Å². The molecule has 0 saturated heterocycles. The van der Waals surface area contributed by atoms with Crippen molar-refractivity contribution in [1.82, 2.24) is 10.1 Å². The minimum Gasteiger partial charge on any atom is -0.465 e. The van der Waals surface area contributed by atoms with Crippen LogP contribution in [0.15, 0.2) is 47.0 Å². The summed E-state index contributed by atoms with van der Waals surface area (Å²) in [5, 5.41) is 6.77. The van der Waals surface area contributed by atoms with Crippen LogP contribution in [0.1, 0.15) is 33.8 Å². The van der Waals surface area contributed by atoms with Crippen LogP contribution < -0.4 is 5.32 Å². The second-order valence-corrected chi connectivity index (χ2v) is 6.45. The van der Waals surface area contributed by atoms with Gasteiger partial charge in [-0.1, -0.05) is 41.1 Å². The number of aryl methyl sites for hydroxylation is 3. The number of nitrogens with zero attached hydrogens (tertiary/aromatic N) is 2. The topological polar surface area (TPSA) is 94.3 Å². The van der Waals surface area contributed by atoms with Gasteiger partial charge in [0.1, 0.15) is 0 Å². The first kappa shape index (κ1) is 19.3. The molecule has 1 amide bonds. The van der Waals surface area contributed by atoms with Crippen LogP contribution in [0.25, 0.3) is 11.4 Å². The van der Waals surface area contributed by atoms with Gasteiger partial charge in [0.2, 0.25) is 17.6 Å². The lowest BCUT2D eigenvalue weighted by molar-refractivity contribution is -0.116. The van der Waals surface area contributed by atoms with Crippen molar-refractivity contribution in [2.75, 3.05) is 12.4 Å². The Labute approximate surface area is 162 Å². The number of carbonyl (C=O) groups excluding carboxylic acids is 2. The average Bonchev–Trinajstić information content (AvgIpc) is 3.17. The van der Waals surface area contributed by atoms with Crippen LogP contribution in [0.4, 0.5) is 5.69 Å². The predicted molar refractivity (Wildman–Crippen MR) is 104 cm³/mol. The number of methoxy groups -OCH3 is 1. The Hall–Kier alpha value is -3.48. The highest BCUT2D eigenvalue weighted by Gasteiger charge is 2.13. The van der Waals surface area contributed by atoms with Crippen molar-refractivity contribution in [3.8, 4) is 11.4 Å². The Balaban J connectivity index is 1.61. The third kappa shape index (κ3) is 4.62. The molecule has 144 valence electrons. The molecule has 3 aromatic rings. The molecular formula is C21H21N3O4. The van der Waals surface area contributed by atoms with E-state index in [0.717, 1.165) is 16.7 Å². The molecule has 7 heteroatoms. The molecule has 0 atom stereocenters. The fourth-order valence-electron chi connectivity index (χ4n) is 2.61. The number of hydrogen-bond acceptors (Lipinski definition) is 6. The lowest BCUT2D eigenvalue weighted by Crippen LogP contribution is -2.14. The smallest absolute Gasteiger partial charge is 0.337 e. The summed E-state index contributed by atoms with van der Waals surface area (Å²) in [5.74, 6) is 0.230. The van der Waals surface area contributed by atoms with E-state index in [1.54, 1.807) is 18.2 Å². The third-order valence-electron chi connectivity index (χ3n) is 4.28. The van der Waals surface area contributed by atoms with Crippen molar-refractivity contribution >= 4 is 17.6 Å². The van der Waals surface area contributed by atoms with Crippen LogP contribution in [0.5, 0.6) is 0 Å². The molecule has 0 spiro atoms. The van der Waals surface area contributed by atoms with E-state index in [0.29, 0.717) is 29.4 Å². The van der Waals surface area contributed by atoms with Gasteiger partial charge >= 0.3 is 5.97 Å². The number of nitrogens with one attached hydrogen (secondary N) is 1. The second kappa shape index (κ2) is 8.47. The number of carbonyl (C=O) groups is 2. The Morgan fingerprint density at radius 1 is 1.11 bits per heavy atom. The molecule has 3 rings (SSSR count). The van der Waals surface area contributed by atoms with Crippen LogP contribution >= 0.6 is 0 Å². The minimum absolute atomic E-state index is 0.178. The van der Waals surface area contributed by atoms with Gasteiger partial charge in [-0.15, -0.1) is 0 Å². The van der Waals surface area contributed by atoms with Crippen molar-refractivity contribution < 1.29 is 18.8 Å². The predicted octanol–water partition coefficient (Wildman–Crippen LogP) is 3.71. The molecule has 28 heavy (non-hydrogen) atoms. The Morgan fingerprint density at radius 2 is 1.86 bits per heavy atom. The molecular weight excluding hydrogens is 358 g/mol. The van der Waals surface area contributed by atoms with Gasteiger partial charge in [0.15, 0.2) is 0 Å². The number of aromatic nitrogens is 2. The maximum absolute atomic E-state index is 12.3. The normalized spacial score (nSPS) is 10.5. The summed E-state index contributed by atoms with van der Waals surface area (Å²) in [6.07, 6.45) is 0.498. The summed E-state index contributed by atoms with van der Waals surface area (Å²) in [4.78, 5) is 28.3. The highest BCUT2D eigenvalue weighted by molar-refractivity contribution is 5.95. The first-order valence-corrected chi connectivity index (χ1v) is 8.84. The van der Waals surface area contributed by atoms with Crippen LogP contribution in [0.3, 0.4) is 0 Å². The SMILES string of the molecule is COC(=O)c1ccc(C)c(NC(=O)CCc2nc(-c3ccc(C)cc3)no2)c1. The minimum atomic E-state index is -0.454. The van der Waals surface area contributed by atoms with Gasteiger partial charge in [-0.25, -0.2) is 4.79 Å². The maximum atomic E-state index is 12.3. The summed E-state index contributed by atoms with van der Waals surface area (Å²) in [7, 11) is 1.32. The first-order chi connectivity index (χ1) is 13.5. The Morgan fingerprint density at radius 3 is 2.57 bits per heavy atom. The molecule has 0 bridgehead atoms. The monoisotopic (exact) mass is 379 g/mol. The zero-order chi connectivity index (χ0) is 20.1. The van der Waals surface area contributed by atoms with Crippen molar-refractivity contribution in [1.29, 1.82) is 0 Å². The number of amides is 1. The van der Waals surface area contributed by atoms with E-state index >= 15 is 0 Å². The zero-order valence-electron chi connectivity index (χ0n) is 16.0. The van der Waals surface area contributed by atoms with Crippen LogP contribution in [0.2, 0.25) is 0 Å². The fourth-order valence-corrected chi connectivity index (χ4v) is 2.61. The van der Waals surface area contributed by atoms with Crippen molar-refractivity contribution in [2.45, 2.75) is 26.7 Å². The van der Waals surface area contributed by atoms with E-state index in [1.807, 2.05) is 38.1 Å². The molecule has 7 nitrogen and oxygen atoms in total. The van der Waals surface area contributed by atoms with Gasteiger partial charge in [0, 0.05) is 24.1 Å². The zero-order valence-corrected chi connectivity index (χ0v) is 16.0. The largest absolute Gasteiger partial charge is 0.465 e. The number of ether oxygens (including phenoxy) is 1. The average molecular weight is 379 g/mol. The van der Waals surface area contributed by atoms with Crippen LogP contribution in [-0.4, -0.2) is 29.1 Å². The number of esters is 1. The highest BCUT2D eigenvalue weighted by Crippen LogP contribution is 2.19. The van der Waals surface area contributed by atoms with Gasteiger partial charge in [0.05, 0.1) is 12.7 Å². The van der Waals surface area contributed by atoms with E-state index < -0.39 is 5.97 Å². The lowest BCUT2D eigenvalue weighted by atomic mass is 10.1. The number of anilines is 1. The van der Waals surface area contributed by atoms with E-state index in [1.165, 1.54) is 7.11 Å². The molecule has 0 aliphatic rings. The third-order valence-corrected chi connectivity index (χ3v) is 4.28. The summed E-state index contributed by atoms with van der Waals surface area (Å²) in [6, 6.07) is 12.8. The van der Waals surface area contributed by atoms with Gasteiger partial charge in [-0.2, -0.15) is 4.98 Å². The molecule has 0 radical (unpaired) electrons. The summed E-state index contributed by atoms with van der Waals surface area (Å²) >= 11 is 0. The molecule has 0 aliphatic heterocycles. The quantitative estimate of drug-likeness (QED) is 0.656. The summed E-state index contributed by atoms with van der Waals surface area (Å²) < 4.78 is 9.94. The Kier molecular flexibility index (Phi) is 5.84. The van der Waals surface area contributed by atoms with Crippen molar-refractivity contribution in [3.63, 3.8) is 0 Å². The van der Waals surface area contributed by atoms with Gasteiger partial charge in [0.25, 0.3) is 0 Å². The second-order valence-electron chi connectivity index (χ2n) is 6.45. The fraction of sp³-hybridized carbons (Fsp3) is 0.238. The summed E-state index contributed by atoms with van der Waals surface area (Å²) in [5.41, 5.74) is 3.80. The van der Waals surface area contributed by atoms with Crippen LogP contribution in [0, 0.1) is 13.8 Å². The lowest BCUT2D eigenvalue weighted by Gasteiger charge is -2.09. The number of rotatable bonds is 6. The van der Waals surface area contributed by atoms with Gasteiger partial charge < -0.3 is 14.6 Å². The van der Waals surface area contributed by atoms with Crippen LogP contribution in [-0.2, 0) is 16.0 Å². The molecule has 0 saturated carbocycles. The molecule has 0 fully saturated rings. The molecule has 2 aromatic carbocycles. The highest BCUT2D eigenvalue weighted by atomic mass is 16.5. The molecule has 0 unspecified atom stereocenters. The molecule has 1 aromatic heterocycles. The standard InChI is InChI=1S/C21H21N3O4/c1-13-4-7-15(8-5-13)20-23-19(28-24-20)11-10-18(25)22-17-12-16(21(26)27-3)9-6-14(17)2/h4-9,12H,10-11H2,1-3H3,(H,22,25). The maximum Gasteiger partial charge on any atom is 0.337 e. The molecule has 1 N–H and O–H groups in total. The Bertz CT molecular complexity index is 993. The first-order valence-electron chi connectivity index (χ1n) is 8.84. The summed E-state index contributed by atoms with van der Waals surface area (Å²) in [6.45, 7) is 3.86. The number of benzene rings is 2. The van der Waals surface area contributed by atoms with E-state index in [2.05, 4.69) is 15.5 Å². The van der Waals surface area contributed by atoms with Crippen molar-refractivity contribution in [2.24, 2.45) is 0 Å². The number of hydrogen-bond donors (Lipinski definition) is 1. The van der Waals surface area contributed by atoms with Crippen molar-refractivity contribution in [3.05, 3.63) is 65.0 Å². The van der Waals surface area contributed by atoms with E-state index in [4.69, 9.17) is 9.26 Å². The molecule has 1 heterocycles. The van der Waals surface area contributed by atoms with Gasteiger partial charge in [-0.05, 0) is 31.5 Å². The van der Waals surface area contributed by atoms with Gasteiger partial charge in [-0.3, -0.25) is 4.79 Å².